The summed E-state index contributed by atoms with van der Waals surface area (Å²) in [6.45, 7) is -0.749. The quantitative estimate of drug-likeness (QED) is 0.493. The first-order chi connectivity index (χ1) is 14.7. The summed E-state index contributed by atoms with van der Waals surface area (Å²) in [6.07, 6.45) is -11.7. The number of hydrogen-bond acceptors (Lipinski definition) is 6. The van der Waals surface area contributed by atoms with Gasteiger partial charge in [0.1, 0.15) is 5.82 Å². The molecule has 2 rings (SSSR count). The van der Waals surface area contributed by atoms with Gasteiger partial charge in [0.25, 0.3) is 17.5 Å². The van der Waals surface area contributed by atoms with Crippen molar-refractivity contribution in [2.24, 2.45) is 10.7 Å². The maximum atomic E-state index is 14.4. The Hall–Kier alpha value is -3.20. The summed E-state index contributed by atoms with van der Waals surface area (Å²) in [4.78, 5) is 26.5. The van der Waals surface area contributed by atoms with Crippen molar-refractivity contribution in [3.63, 3.8) is 0 Å². The molecule has 0 fully saturated rings. The minimum Gasteiger partial charge on any atom is -0.459 e. The van der Waals surface area contributed by atoms with Crippen molar-refractivity contribution in [3.8, 4) is 0 Å². The highest BCUT2D eigenvalue weighted by atomic mass is 19.4. The molecule has 2 atom stereocenters. The third-order valence-electron chi connectivity index (χ3n) is 4.70. The van der Waals surface area contributed by atoms with Gasteiger partial charge in [0, 0.05) is 11.3 Å². The number of hydrogen-bond donors (Lipinski definition) is 2. The summed E-state index contributed by atoms with van der Waals surface area (Å²) in [5.74, 6) is -10.8. The van der Waals surface area contributed by atoms with Crippen molar-refractivity contribution in [3.05, 3.63) is 29.6 Å². The second-order valence-corrected chi connectivity index (χ2v) is 7.08. The maximum absolute atomic E-state index is 14.4. The number of carbonyl (C=O) groups is 2. The van der Waals surface area contributed by atoms with Crippen LogP contribution in [0, 0.1) is 5.82 Å². The Morgan fingerprint density at radius 2 is 1.76 bits per heavy atom. The molecule has 0 bridgehead atoms. The van der Waals surface area contributed by atoms with Gasteiger partial charge in [-0.3, -0.25) is 4.79 Å². The van der Waals surface area contributed by atoms with Gasteiger partial charge in [-0.05, 0) is 32.0 Å². The number of anilines is 1. The van der Waals surface area contributed by atoms with Crippen molar-refractivity contribution >= 4 is 23.6 Å². The number of amides is 1. The molecule has 0 saturated carbocycles. The standard InChI is InChI=1S/C17H14F9N3O4/c1-13(15(19,20)6-32-12(27)29-13)8-5-7(3-4-9(8)18)28-10(30)14(2,17(24,25)26)33-11(31)16(21,22)23/h3-5H,6H2,1-2H3,(H2,27,29)(H,28,30)/t13-,14-/m1/s1. The van der Waals surface area contributed by atoms with Crippen LogP contribution in [0.1, 0.15) is 19.4 Å². The fraction of sp³-hybridized carbons (Fsp3) is 0.471. The first-order valence-electron chi connectivity index (χ1n) is 8.59. The maximum Gasteiger partial charge on any atom is 0.490 e. The van der Waals surface area contributed by atoms with Crippen molar-refractivity contribution in [1.29, 1.82) is 0 Å². The van der Waals surface area contributed by atoms with Crippen molar-refractivity contribution in [1.82, 2.24) is 0 Å². The minimum absolute atomic E-state index is 0.157. The largest absolute Gasteiger partial charge is 0.490 e. The number of carbonyl (C=O) groups excluding carboxylic acids is 2. The smallest absolute Gasteiger partial charge is 0.459 e. The Morgan fingerprint density at radius 3 is 2.27 bits per heavy atom. The number of alkyl halides is 8. The van der Waals surface area contributed by atoms with Crippen LogP contribution < -0.4 is 11.1 Å². The monoisotopic (exact) mass is 495 g/mol. The molecule has 1 aliphatic rings. The Labute approximate surface area is 178 Å². The van der Waals surface area contributed by atoms with E-state index in [2.05, 4.69) is 14.5 Å². The molecular formula is C17H14F9N3O4. The summed E-state index contributed by atoms with van der Waals surface area (Å²) in [6, 6.07) is 0.847. The zero-order valence-corrected chi connectivity index (χ0v) is 16.5. The fourth-order valence-corrected chi connectivity index (χ4v) is 2.60. The lowest BCUT2D eigenvalue weighted by atomic mass is 9.85. The number of nitrogens with zero attached hydrogens (tertiary/aromatic N) is 1. The number of aliphatic imine (C=N–C) groups is 1. The van der Waals surface area contributed by atoms with Crippen LogP contribution in [-0.2, 0) is 24.6 Å². The number of nitrogens with one attached hydrogen (secondary N) is 1. The predicted molar refractivity (Wildman–Crippen MR) is 91.5 cm³/mol. The van der Waals surface area contributed by atoms with E-state index in [0.29, 0.717) is 18.2 Å². The van der Waals surface area contributed by atoms with E-state index in [1.54, 1.807) is 0 Å². The highest BCUT2D eigenvalue weighted by Gasteiger charge is 2.63. The lowest BCUT2D eigenvalue weighted by molar-refractivity contribution is -0.269. The molecule has 1 aliphatic heterocycles. The van der Waals surface area contributed by atoms with Crippen molar-refractivity contribution in [2.75, 3.05) is 11.9 Å². The molecule has 1 heterocycles. The van der Waals surface area contributed by atoms with Gasteiger partial charge in [0.05, 0.1) is 0 Å². The first kappa shape index (κ1) is 26.1. The lowest BCUT2D eigenvalue weighted by Gasteiger charge is -2.37. The van der Waals surface area contributed by atoms with Crippen LogP contribution in [0.3, 0.4) is 0 Å². The molecule has 0 spiro atoms. The minimum atomic E-state index is -5.86. The van der Waals surface area contributed by atoms with Crippen LogP contribution >= 0.6 is 0 Å². The van der Waals surface area contributed by atoms with Gasteiger partial charge in [-0.2, -0.15) is 35.1 Å². The molecule has 0 radical (unpaired) electrons. The zero-order chi connectivity index (χ0) is 25.6. The van der Waals surface area contributed by atoms with Crippen LogP contribution in [0.15, 0.2) is 23.2 Å². The van der Waals surface area contributed by atoms with E-state index >= 15 is 0 Å². The van der Waals surface area contributed by atoms with Crippen LogP contribution in [-0.4, -0.2) is 48.4 Å². The molecule has 16 heteroatoms. The number of benzene rings is 1. The summed E-state index contributed by atoms with van der Waals surface area (Å²) in [5, 5.41) is 1.48. The van der Waals surface area contributed by atoms with Gasteiger partial charge in [-0.1, -0.05) is 0 Å². The van der Waals surface area contributed by atoms with Gasteiger partial charge < -0.3 is 20.5 Å². The van der Waals surface area contributed by atoms with Gasteiger partial charge in [-0.15, -0.1) is 0 Å². The Kier molecular flexibility index (Phi) is 6.30. The van der Waals surface area contributed by atoms with E-state index in [9.17, 15) is 49.1 Å². The van der Waals surface area contributed by atoms with E-state index in [1.165, 1.54) is 5.32 Å². The summed E-state index contributed by atoms with van der Waals surface area (Å²) in [7, 11) is 0. The average molecular weight is 495 g/mol. The molecule has 0 aliphatic carbocycles. The Balaban J connectivity index is 2.48. The molecule has 0 saturated heterocycles. The third kappa shape index (κ3) is 4.78. The molecule has 0 aromatic heterocycles. The van der Waals surface area contributed by atoms with E-state index in [0.717, 1.165) is 6.92 Å². The highest BCUT2D eigenvalue weighted by Crippen LogP contribution is 2.45. The molecule has 0 unspecified atom stereocenters. The van der Waals surface area contributed by atoms with E-state index in [4.69, 9.17) is 5.73 Å². The Bertz CT molecular complexity index is 993. The number of rotatable bonds is 4. The van der Waals surface area contributed by atoms with Crippen LogP contribution in [0.5, 0.6) is 0 Å². The highest BCUT2D eigenvalue weighted by molar-refractivity contribution is 5.99. The normalized spacial score (nSPS) is 22.5. The number of halogens is 9. The summed E-state index contributed by atoms with van der Waals surface area (Å²) in [5.41, 5.74) is -3.50. The third-order valence-corrected chi connectivity index (χ3v) is 4.70. The molecule has 7 nitrogen and oxygen atoms in total. The van der Waals surface area contributed by atoms with E-state index in [-0.39, 0.29) is 6.92 Å². The molecule has 33 heavy (non-hydrogen) atoms. The van der Waals surface area contributed by atoms with Crippen LogP contribution in [0.2, 0.25) is 0 Å². The van der Waals surface area contributed by atoms with E-state index in [1.807, 2.05) is 0 Å². The molecule has 1 amide bonds. The molecule has 1 aromatic rings. The average Bonchev–Trinajstić information content (AvgIpc) is 2.64. The molecule has 1 aromatic carbocycles. The molecule has 3 N–H and O–H groups in total. The van der Waals surface area contributed by atoms with Crippen molar-refractivity contribution in [2.45, 2.75) is 43.3 Å². The van der Waals surface area contributed by atoms with Gasteiger partial charge in [-0.25, -0.2) is 14.2 Å². The number of esters is 1. The SMILES string of the molecule is C[C@@](OC(=O)C(F)(F)F)(C(=O)Nc1ccc(F)c([C@@]2(C)N=C(N)OCC2(F)F)c1)C(F)(F)F. The number of ether oxygens (including phenoxy) is 2. The van der Waals surface area contributed by atoms with Crippen LogP contribution in [0.25, 0.3) is 0 Å². The molecular weight excluding hydrogens is 481 g/mol. The number of amidine groups is 1. The van der Waals surface area contributed by atoms with Gasteiger partial charge in [0.2, 0.25) is 0 Å². The summed E-state index contributed by atoms with van der Waals surface area (Å²) < 4.78 is 128. The van der Waals surface area contributed by atoms with Gasteiger partial charge >= 0.3 is 24.2 Å². The zero-order valence-electron chi connectivity index (χ0n) is 16.5. The Morgan fingerprint density at radius 1 is 1.18 bits per heavy atom. The van der Waals surface area contributed by atoms with Gasteiger partial charge in [0.15, 0.2) is 12.1 Å². The first-order valence-corrected chi connectivity index (χ1v) is 8.59. The lowest BCUT2D eigenvalue weighted by Crippen LogP contribution is -2.56. The van der Waals surface area contributed by atoms with Crippen molar-refractivity contribution < 1.29 is 58.6 Å². The fourth-order valence-electron chi connectivity index (χ4n) is 2.60. The summed E-state index contributed by atoms with van der Waals surface area (Å²) >= 11 is 0. The predicted octanol–water partition coefficient (Wildman–Crippen LogP) is 3.39. The molecule has 184 valence electrons. The topological polar surface area (TPSA) is 103 Å². The van der Waals surface area contributed by atoms with E-state index < -0.39 is 71.0 Å². The second kappa shape index (κ2) is 7.98. The number of nitrogens with two attached hydrogens (primary N) is 1. The second-order valence-electron chi connectivity index (χ2n) is 7.08. The van der Waals surface area contributed by atoms with Crippen LogP contribution in [0.4, 0.5) is 45.2 Å².